The molecule has 1 heterocycles. The van der Waals surface area contributed by atoms with Gasteiger partial charge in [-0.2, -0.15) is 0 Å². The summed E-state index contributed by atoms with van der Waals surface area (Å²) in [7, 11) is 1.77. The lowest BCUT2D eigenvalue weighted by Gasteiger charge is -2.37. The maximum Gasteiger partial charge on any atom is 0.139 e. The molecule has 2 rings (SSSR count). The molecule has 4 heteroatoms. The van der Waals surface area contributed by atoms with Crippen molar-refractivity contribution in [3.8, 4) is 0 Å². The first kappa shape index (κ1) is 11.7. The predicted octanol–water partition coefficient (Wildman–Crippen LogP) is 3.19. The van der Waals surface area contributed by atoms with E-state index in [4.69, 9.17) is 17.0 Å². The number of methoxy groups -OCH3 is 1. The zero-order valence-electron chi connectivity index (χ0n) is 9.82. The van der Waals surface area contributed by atoms with Gasteiger partial charge in [-0.25, -0.2) is 4.98 Å². The lowest BCUT2D eigenvalue weighted by Crippen LogP contribution is -2.35. The van der Waals surface area contributed by atoms with E-state index in [1.807, 2.05) is 0 Å². The number of H-pyrrole nitrogens is 1. The molecule has 1 aromatic heterocycles. The van der Waals surface area contributed by atoms with Crippen LogP contribution in [0.15, 0.2) is 12.3 Å². The van der Waals surface area contributed by atoms with Crippen LogP contribution in [0.3, 0.4) is 0 Å². The van der Waals surface area contributed by atoms with Gasteiger partial charge in [-0.1, -0.05) is 19.1 Å². The van der Waals surface area contributed by atoms with Crippen LogP contribution in [0, 0.1) is 10.6 Å². The standard InChI is InChI=1S/C12H18N2OS/c1-9-3-6-12(15-2,7-4-9)11-13-8-5-10(16)14-11/h5,8-9H,3-4,6-7H2,1-2H3,(H,13,14,16). The van der Waals surface area contributed by atoms with Gasteiger partial charge in [0.05, 0.1) is 0 Å². The van der Waals surface area contributed by atoms with Gasteiger partial charge in [-0.3, -0.25) is 0 Å². The van der Waals surface area contributed by atoms with E-state index in [0.29, 0.717) is 0 Å². The Hall–Kier alpha value is -0.740. The van der Waals surface area contributed by atoms with E-state index in [2.05, 4.69) is 16.9 Å². The molecule has 0 radical (unpaired) electrons. The molecule has 0 saturated heterocycles. The molecular formula is C12H18N2OS. The molecule has 88 valence electrons. The highest BCUT2D eigenvalue weighted by atomic mass is 32.1. The second kappa shape index (κ2) is 4.63. The molecule has 1 fully saturated rings. The average molecular weight is 238 g/mol. The molecule has 0 amide bonds. The minimum atomic E-state index is -0.249. The van der Waals surface area contributed by atoms with E-state index in [1.54, 1.807) is 19.4 Å². The van der Waals surface area contributed by atoms with Crippen LogP contribution in [0.5, 0.6) is 0 Å². The third kappa shape index (κ3) is 2.18. The zero-order valence-corrected chi connectivity index (χ0v) is 10.6. The SMILES string of the molecule is COC1(c2nccc(=S)[nH]2)CCC(C)CC1. The molecule has 3 nitrogen and oxygen atoms in total. The fourth-order valence-corrected chi connectivity index (χ4v) is 2.53. The van der Waals surface area contributed by atoms with Crippen LogP contribution < -0.4 is 0 Å². The van der Waals surface area contributed by atoms with Gasteiger partial charge < -0.3 is 9.72 Å². The van der Waals surface area contributed by atoms with Crippen molar-refractivity contribution < 1.29 is 4.74 Å². The van der Waals surface area contributed by atoms with Gasteiger partial charge in [0.1, 0.15) is 16.1 Å². The first-order valence-corrected chi connectivity index (χ1v) is 6.18. The van der Waals surface area contributed by atoms with Gasteiger partial charge in [0, 0.05) is 13.3 Å². The van der Waals surface area contributed by atoms with Crippen LogP contribution in [0.2, 0.25) is 0 Å². The maximum atomic E-state index is 5.73. The first-order chi connectivity index (χ1) is 7.66. The average Bonchev–Trinajstić information content (AvgIpc) is 2.31. The summed E-state index contributed by atoms with van der Waals surface area (Å²) in [5.74, 6) is 1.67. The molecule has 0 unspecified atom stereocenters. The van der Waals surface area contributed by atoms with Crippen LogP contribution in [0.25, 0.3) is 0 Å². The largest absolute Gasteiger partial charge is 0.370 e. The van der Waals surface area contributed by atoms with Crippen LogP contribution >= 0.6 is 12.2 Å². The minimum Gasteiger partial charge on any atom is -0.370 e. The van der Waals surface area contributed by atoms with E-state index in [1.165, 1.54) is 12.8 Å². The lowest BCUT2D eigenvalue weighted by molar-refractivity contribution is -0.0598. The topological polar surface area (TPSA) is 37.9 Å². The fourth-order valence-electron chi connectivity index (χ4n) is 2.37. The number of rotatable bonds is 2. The number of ether oxygens (including phenoxy) is 1. The van der Waals surface area contributed by atoms with E-state index < -0.39 is 0 Å². The van der Waals surface area contributed by atoms with Crippen molar-refractivity contribution >= 4 is 12.2 Å². The zero-order chi connectivity index (χ0) is 11.6. The summed E-state index contributed by atoms with van der Waals surface area (Å²) in [4.78, 5) is 7.55. The van der Waals surface area contributed by atoms with Gasteiger partial charge in [0.15, 0.2) is 0 Å². The third-order valence-electron chi connectivity index (χ3n) is 3.58. The summed E-state index contributed by atoms with van der Waals surface area (Å²) in [5, 5.41) is 0. The van der Waals surface area contributed by atoms with Gasteiger partial charge in [0.25, 0.3) is 0 Å². The van der Waals surface area contributed by atoms with E-state index in [9.17, 15) is 0 Å². The molecule has 1 aromatic rings. The number of aromatic amines is 1. The van der Waals surface area contributed by atoms with Gasteiger partial charge in [-0.05, 0) is 37.7 Å². The molecule has 0 aromatic carbocycles. The fraction of sp³-hybridized carbons (Fsp3) is 0.667. The molecule has 1 N–H and O–H groups in total. The van der Waals surface area contributed by atoms with Gasteiger partial charge in [-0.15, -0.1) is 0 Å². The van der Waals surface area contributed by atoms with E-state index in [-0.39, 0.29) is 5.60 Å². The van der Waals surface area contributed by atoms with Crippen molar-refractivity contribution in [2.45, 2.75) is 38.2 Å². The Morgan fingerprint density at radius 1 is 1.50 bits per heavy atom. The quantitative estimate of drug-likeness (QED) is 0.804. The van der Waals surface area contributed by atoms with Crippen molar-refractivity contribution in [3.63, 3.8) is 0 Å². The Bertz CT molecular complexity index is 407. The monoisotopic (exact) mass is 238 g/mol. The summed E-state index contributed by atoms with van der Waals surface area (Å²) in [5.41, 5.74) is -0.249. The highest BCUT2D eigenvalue weighted by molar-refractivity contribution is 7.71. The third-order valence-corrected chi connectivity index (χ3v) is 3.81. The van der Waals surface area contributed by atoms with Crippen molar-refractivity contribution in [1.82, 2.24) is 9.97 Å². The van der Waals surface area contributed by atoms with Gasteiger partial charge in [0.2, 0.25) is 0 Å². The van der Waals surface area contributed by atoms with Crippen LogP contribution in [0.4, 0.5) is 0 Å². The number of nitrogens with zero attached hydrogens (tertiary/aromatic N) is 1. The minimum absolute atomic E-state index is 0.249. The summed E-state index contributed by atoms with van der Waals surface area (Å²) in [6, 6.07) is 1.80. The summed E-state index contributed by atoms with van der Waals surface area (Å²) in [6.07, 6.45) is 6.17. The second-order valence-corrected chi connectivity index (χ2v) is 5.10. The Kier molecular flexibility index (Phi) is 3.40. The number of hydrogen-bond donors (Lipinski definition) is 1. The Morgan fingerprint density at radius 2 is 2.19 bits per heavy atom. The second-order valence-electron chi connectivity index (χ2n) is 4.66. The first-order valence-electron chi connectivity index (χ1n) is 5.77. The number of nitrogens with one attached hydrogen (secondary N) is 1. The Morgan fingerprint density at radius 3 is 2.75 bits per heavy atom. The molecule has 0 aliphatic heterocycles. The smallest absolute Gasteiger partial charge is 0.139 e. The molecule has 1 saturated carbocycles. The van der Waals surface area contributed by atoms with Crippen molar-refractivity contribution in [3.05, 3.63) is 22.7 Å². The summed E-state index contributed by atoms with van der Waals surface area (Å²) in [6.45, 7) is 2.29. The maximum absolute atomic E-state index is 5.73. The Balaban J connectivity index is 2.31. The van der Waals surface area contributed by atoms with Crippen molar-refractivity contribution in [2.24, 2.45) is 5.92 Å². The van der Waals surface area contributed by atoms with E-state index >= 15 is 0 Å². The summed E-state index contributed by atoms with van der Waals surface area (Å²) < 4.78 is 6.45. The molecular weight excluding hydrogens is 220 g/mol. The van der Waals surface area contributed by atoms with E-state index in [0.717, 1.165) is 29.2 Å². The highest BCUT2D eigenvalue weighted by Crippen LogP contribution is 2.40. The molecule has 16 heavy (non-hydrogen) atoms. The number of hydrogen-bond acceptors (Lipinski definition) is 3. The molecule has 0 spiro atoms. The van der Waals surface area contributed by atoms with Crippen molar-refractivity contribution in [2.75, 3.05) is 7.11 Å². The van der Waals surface area contributed by atoms with Crippen LogP contribution in [0.1, 0.15) is 38.4 Å². The molecule has 0 bridgehead atoms. The Labute approximate surface area is 101 Å². The lowest BCUT2D eigenvalue weighted by atomic mass is 9.79. The summed E-state index contributed by atoms with van der Waals surface area (Å²) >= 11 is 5.14. The highest BCUT2D eigenvalue weighted by Gasteiger charge is 2.37. The van der Waals surface area contributed by atoms with Crippen LogP contribution in [-0.2, 0) is 10.3 Å². The van der Waals surface area contributed by atoms with Gasteiger partial charge >= 0.3 is 0 Å². The molecule has 0 atom stereocenters. The molecule has 1 aliphatic rings. The normalized spacial score (nSPS) is 30.2. The molecule has 1 aliphatic carbocycles. The number of aromatic nitrogens is 2. The van der Waals surface area contributed by atoms with Crippen molar-refractivity contribution in [1.29, 1.82) is 0 Å². The van der Waals surface area contributed by atoms with Crippen LogP contribution in [-0.4, -0.2) is 17.1 Å². The predicted molar refractivity (Wildman–Crippen MR) is 65.7 cm³/mol.